The Morgan fingerprint density at radius 3 is 1.39 bits per heavy atom. The molecule has 0 aromatic heterocycles. The molecule has 1 saturated heterocycles. The Balaban J connectivity index is 2.06. The van der Waals surface area contributed by atoms with Gasteiger partial charge in [-0.25, -0.2) is 0 Å². The first-order chi connectivity index (χ1) is 16.0. The first-order valence-electron chi connectivity index (χ1n) is 10.3. The number of ether oxygens (including phenoxy) is 6. The molecular formula is C25H29NO7. The fourth-order valence-electron chi connectivity index (χ4n) is 3.69. The van der Waals surface area contributed by atoms with Crippen molar-refractivity contribution in [1.29, 1.82) is 0 Å². The van der Waals surface area contributed by atoms with Gasteiger partial charge < -0.3 is 33.7 Å². The number of rotatable bonds is 8. The average Bonchev–Trinajstić information content (AvgIpc) is 2.85. The number of piperidine rings is 1. The van der Waals surface area contributed by atoms with E-state index in [2.05, 4.69) is 5.32 Å². The molecule has 8 heteroatoms. The number of nitrogens with one attached hydrogen (secondary N) is 1. The Hall–Kier alpha value is -3.65. The molecule has 176 valence electrons. The highest BCUT2D eigenvalue weighted by Gasteiger charge is 2.23. The molecule has 0 atom stereocenters. The number of hydrogen-bond acceptors (Lipinski definition) is 8. The van der Waals surface area contributed by atoms with Gasteiger partial charge in [0.15, 0.2) is 28.8 Å². The molecule has 1 N–H and O–H groups in total. The molecule has 1 heterocycles. The maximum atomic E-state index is 13.4. The molecule has 0 amide bonds. The van der Waals surface area contributed by atoms with E-state index >= 15 is 0 Å². The van der Waals surface area contributed by atoms with Crippen molar-refractivity contribution in [2.75, 3.05) is 55.7 Å². The van der Waals surface area contributed by atoms with Crippen molar-refractivity contribution in [2.24, 2.45) is 0 Å². The third-order valence-corrected chi connectivity index (χ3v) is 5.31. The minimum Gasteiger partial charge on any atom is -0.497 e. The van der Waals surface area contributed by atoms with Crippen LogP contribution in [0.25, 0.3) is 12.2 Å². The summed E-state index contributed by atoms with van der Waals surface area (Å²) in [5.41, 5.74) is 2.52. The smallest absolute Gasteiger partial charge is 0.187 e. The van der Waals surface area contributed by atoms with Crippen LogP contribution in [-0.4, -0.2) is 61.5 Å². The second-order valence-corrected chi connectivity index (χ2v) is 7.18. The molecule has 8 nitrogen and oxygen atoms in total. The highest BCUT2D eigenvalue weighted by Crippen LogP contribution is 2.39. The minimum absolute atomic E-state index is 0.0820. The van der Waals surface area contributed by atoms with Gasteiger partial charge in [-0.1, -0.05) is 0 Å². The summed E-state index contributed by atoms with van der Waals surface area (Å²) >= 11 is 0. The molecule has 0 saturated carbocycles. The first-order valence-corrected chi connectivity index (χ1v) is 10.3. The monoisotopic (exact) mass is 455 g/mol. The van der Waals surface area contributed by atoms with E-state index in [0.717, 1.165) is 0 Å². The van der Waals surface area contributed by atoms with Gasteiger partial charge in [-0.3, -0.25) is 4.79 Å². The lowest BCUT2D eigenvalue weighted by atomic mass is 9.95. The van der Waals surface area contributed by atoms with Crippen LogP contribution in [0.15, 0.2) is 35.4 Å². The van der Waals surface area contributed by atoms with E-state index in [1.807, 2.05) is 0 Å². The van der Waals surface area contributed by atoms with Gasteiger partial charge >= 0.3 is 0 Å². The van der Waals surface area contributed by atoms with Gasteiger partial charge in [0.2, 0.25) is 0 Å². The van der Waals surface area contributed by atoms with Crippen molar-refractivity contribution in [2.45, 2.75) is 0 Å². The number of Topliss-reactive ketones (excluding diaryl/α,β-unsaturated/α-hetero) is 1. The van der Waals surface area contributed by atoms with Crippen molar-refractivity contribution in [3.8, 4) is 34.5 Å². The standard InChI is InChI=1S/C25H29NO7/c1-28-19-9-15(24(32-5)21(11-19)30-3)7-17-13-26-14-18(23(17)27)8-16-10-20(29-2)12-22(31-4)25(16)33-6/h7-12,26H,13-14H2,1-6H3/b17-7+,18-8+. The summed E-state index contributed by atoms with van der Waals surface area (Å²) in [6, 6.07) is 7.07. The van der Waals surface area contributed by atoms with Gasteiger partial charge in [0.05, 0.1) is 42.7 Å². The number of benzene rings is 2. The number of hydrogen-bond donors (Lipinski definition) is 1. The highest BCUT2D eigenvalue weighted by molar-refractivity contribution is 6.15. The zero-order valence-electron chi connectivity index (χ0n) is 19.7. The molecule has 1 fully saturated rings. The topological polar surface area (TPSA) is 84.5 Å². The summed E-state index contributed by atoms with van der Waals surface area (Å²) in [4.78, 5) is 13.4. The lowest BCUT2D eigenvalue weighted by Crippen LogP contribution is -2.32. The second-order valence-electron chi connectivity index (χ2n) is 7.18. The number of ketones is 1. The zero-order chi connectivity index (χ0) is 24.0. The molecular weight excluding hydrogens is 426 g/mol. The third-order valence-electron chi connectivity index (χ3n) is 5.31. The Kier molecular flexibility index (Phi) is 7.84. The molecule has 1 aliphatic heterocycles. The van der Waals surface area contributed by atoms with E-state index in [9.17, 15) is 4.79 Å². The Morgan fingerprint density at radius 2 is 1.06 bits per heavy atom. The van der Waals surface area contributed by atoms with E-state index in [0.29, 0.717) is 69.9 Å². The third kappa shape index (κ3) is 5.06. The summed E-state index contributed by atoms with van der Waals surface area (Å²) in [7, 11) is 9.36. The summed E-state index contributed by atoms with van der Waals surface area (Å²) in [6.45, 7) is 0.828. The minimum atomic E-state index is -0.0820. The number of carbonyl (C=O) groups is 1. The quantitative estimate of drug-likeness (QED) is 0.607. The number of carbonyl (C=O) groups excluding carboxylic acids is 1. The summed E-state index contributed by atoms with van der Waals surface area (Å²) in [6.07, 6.45) is 3.57. The summed E-state index contributed by atoms with van der Waals surface area (Å²) in [5.74, 6) is 3.19. The normalized spacial score (nSPS) is 16.0. The van der Waals surface area contributed by atoms with Crippen LogP contribution in [0.3, 0.4) is 0 Å². The first kappa shape index (κ1) is 24.0. The van der Waals surface area contributed by atoms with Crippen LogP contribution in [0.2, 0.25) is 0 Å². The molecule has 0 unspecified atom stereocenters. The predicted molar refractivity (Wildman–Crippen MR) is 126 cm³/mol. The largest absolute Gasteiger partial charge is 0.497 e. The maximum Gasteiger partial charge on any atom is 0.187 e. The Bertz CT molecular complexity index is 1010. The van der Waals surface area contributed by atoms with Gasteiger partial charge in [-0.15, -0.1) is 0 Å². The zero-order valence-corrected chi connectivity index (χ0v) is 19.7. The maximum absolute atomic E-state index is 13.4. The van der Waals surface area contributed by atoms with Gasteiger partial charge in [0.1, 0.15) is 11.5 Å². The molecule has 33 heavy (non-hydrogen) atoms. The van der Waals surface area contributed by atoms with E-state index < -0.39 is 0 Å². The molecule has 0 aliphatic carbocycles. The average molecular weight is 456 g/mol. The van der Waals surface area contributed by atoms with Crippen LogP contribution in [0.4, 0.5) is 0 Å². The van der Waals surface area contributed by atoms with Crippen molar-refractivity contribution >= 4 is 17.9 Å². The van der Waals surface area contributed by atoms with Crippen LogP contribution in [0.1, 0.15) is 11.1 Å². The van der Waals surface area contributed by atoms with Gasteiger partial charge in [0.25, 0.3) is 0 Å². The lowest BCUT2D eigenvalue weighted by molar-refractivity contribution is -0.112. The van der Waals surface area contributed by atoms with Crippen molar-refractivity contribution < 1.29 is 33.2 Å². The molecule has 1 aliphatic rings. The molecule has 0 spiro atoms. The molecule has 3 rings (SSSR count). The van der Waals surface area contributed by atoms with Gasteiger partial charge in [-0.05, 0) is 24.3 Å². The van der Waals surface area contributed by atoms with E-state index in [1.54, 1.807) is 79.1 Å². The van der Waals surface area contributed by atoms with Crippen molar-refractivity contribution in [3.05, 3.63) is 46.5 Å². The predicted octanol–water partition coefficient (Wildman–Crippen LogP) is 3.38. The van der Waals surface area contributed by atoms with Crippen LogP contribution in [0, 0.1) is 0 Å². The summed E-state index contributed by atoms with van der Waals surface area (Å²) < 4.78 is 32.6. The van der Waals surface area contributed by atoms with Crippen molar-refractivity contribution in [3.63, 3.8) is 0 Å². The lowest BCUT2D eigenvalue weighted by Gasteiger charge is -2.20. The fraction of sp³-hybridized carbons (Fsp3) is 0.320. The SMILES string of the molecule is COc1cc(/C=C2\CNC/C(=C\c3cc(OC)cc(OC)c3OC)C2=O)c(OC)c(OC)c1. The number of methoxy groups -OCH3 is 6. The Morgan fingerprint density at radius 1 is 0.636 bits per heavy atom. The fourth-order valence-corrected chi connectivity index (χ4v) is 3.69. The summed E-state index contributed by atoms with van der Waals surface area (Å²) in [5, 5.41) is 3.28. The van der Waals surface area contributed by atoms with E-state index in [1.165, 1.54) is 0 Å². The second kappa shape index (κ2) is 10.8. The van der Waals surface area contributed by atoms with Crippen LogP contribution in [0.5, 0.6) is 34.5 Å². The highest BCUT2D eigenvalue weighted by atomic mass is 16.5. The molecule has 0 bridgehead atoms. The molecule has 2 aromatic rings. The van der Waals surface area contributed by atoms with Crippen molar-refractivity contribution in [1.82, 2.24) is 5.32 Å². The van der Waals surface area contributed by atoms with Crippen LogP contribution < -0.4 is 33.7 Å². The van der Waals surface area contributed by atoms with E-state index in [4.69, 9.17) is 28.4 Å². The Labute approximate surface area is 193 Å². The van der Waals surface area contributed by atoms with Gasteiger partial charge in [0, 0.05) is 47.5 Å². The van der Waals surface area contributed by atoms with Crippen LogP contribution >= 0.6 is 0 Å². The molecule has 2 aromatic carbocycles. The van der Waals surface area contributed by atoms with Gasteiger partial charge in [-0.2, -0.15) is 0 Å². The van der Waals surface area contributed by atoms with Crippen LogP contribution in [-0.2, 0) is 4.79 Å². The van der Waals surface area contributed by atoms with E-state index in [-0.39, 0.29) is 5.78 Å². The molecule has 0 radical (unpaired) electrons.